The van der Waals surface area contributed by atoms with Crippen molar-refractivity contribution in [2.75, 3.05) is 6.61 Å². The van der Waals surface area contributed by atoms with E-state index in [4.69, 9.17) is 4.74 Å². The van der Waals surface area contributed by atoms with Crippen LogP contribution in [0.15, 0.2) is 0 Å². The summed E-state index contributed by atoms with van der Waals surface area (Å²) in [7, 11) is 0. The van der Waals surface area contributed by atoms with Crippen molar-refractivity contribution in [3.8, 4) is 0 Å². The van der Waals surface area contributed by atoms with Crippen LogP contribution in [-0.4, -0.2) is 18.4 Å². The van der Waals surface area contributed by atoms with Crippen LogP contribution >= 0.6 is 0 Å². The van der Waals surface area contributed by atoms with Gasteiger partial charge < -0.3 is 9.53 Å². The van der Waals surface area contributed by atoms with E-state index < -0.39 is 0 Å². The molecular weight excluding hydrogens is 216 g/mol. The number of esters is 1. The van der Waals surface area contributed by atoms with Crippen LogP contribution in [0.4, 0.5) is 0 Å². The van der Waals surface area contributed by atoms with E-state index in [1.807, 2.05) is 0 Å². The van der Waals surface area contributed by atoms with E-state index in [0.29, 0.717) is 25.4 Å². The van der Waals surface area contributed by atoms with Crippen molar-refractivity contribution in [1.82, 2.24) is 0 Å². The van der Waals surface area contributed by atoms with Crippen molar-refractivity contribution in [2.24, 2.45) is 5.92 Å². The molecule has 0 saturated heterocycles. The van der Waals surface area contributed by atoms with Crippen molar-refractivity contribution >= 4 is 11.8 Å². The van der Waals surface area contributed by atoms with Gasteiger partial charge in [0.1, 0.15) is 5.78 Å². The van der Waals surface area contributed by atoms with Crippen molar-refractivity contribution < 1.29 is 14.3 Å². The predicted molar refractivity (Wildman–Crippen MR) is 68.8 cm³/mol. The van der Waals surface area contributed by atoms with Crippen molar-refractivity contribution in [3.05, 3.63) is 0 Å². The predicted octanol–water partition coefficient (Wildman–Crippen LogP) is 3.51. The summed E-state index contributed by atoms with van der Waals surface area (Å²) >= 11 is 0. The van der Waals surface area contributed by atoms with Crippen LogP contribution in [0.3, 0.4) is 0 Å². The highest BCUT2D eigenvalue weighted by Gasteiger charge is 2.08. The topological polar surface area (TPSA) is 43.4 Å². The summed E-state index contributed by atoms with van der Waals surface area (Å²) in [6.45, 7) is 6.36. The van der Waals surface area contributed by atoms with Gasteiger partial charge in [-0.15, -0.1) is 0 Å². The molecule has 0 bridgehead atoms. The van der Waals surface area contributed by atoms with Gasteiger partial charge >= 0.3 is 5.97 Å². The van der Waals surface area contributed by atoms with Crippen LogP contribution in [0, 0.1) is 5.92 Å². The molecule has 0 aliphatic rings. The van der Waals surface area contributed by atoms with Gasteiger partial charge in [0.05, 0.1) is 6.61 Å². The van der Waals surface area contributed by atoms with Crippen molar-refractivity contribution in [3.63, 3.8) is 0 Å². The molecule has 0 aliphatic carbocycles. The number of hydrogen-bond acceptors (Lipinski definition) is 3. The average molecular weight is 242 g/mol. The molecule has 0 N–H and O–H groups in total. The number of rotatable bonds is 10. The molecule has 0 amide bonds. The van der Waals surface area contributed by atoms with E-state index in [9.17, 15) is 9.59 Å². The molecule has 1 atom stereocenters. The second-order valence-corrected chi connectivity index (χ2v) is 4.81. The normalized spacial score (nSPS) is 12.2. The fourth-order valence-electron chi connectivity index (χ4n) is 1.57. The first-order chi connectivity index (χ1) is 8.06. The fraction of sp³-hybridized carbons (Fsp3) is 0.857. The second kappa shape index (κ2) is 10.3. The van der Waals surface area contributed by atoms with Gasteiger partial charge in [-0.05, 0) is 32.1 Å². The van der Waals surface area contributed by atoms with Gasteiger partial charge in [-0.1, -0.05) is 26.7 Å². The Kier molecular flexibility index (Phi) is 9.78. The highest BCUT2D eigenvalue weighted by molar-refractivity contribution is 5.75. The van der Waals surface area contributed by atoms with E-state index >= 15 is 0 Å². The Morgan fingerprint density at radius 2 is 1.76 bits per heavy atom. The lowest BCUT2D eigenvalue weighted by Gasteiger charge is -2.09. The Labute approximate surface area is 105 Å². The lowest BCUT2D eigenvalue weighted by Crippen LogP contribution is -2.08. The summed E-state index contributed by atoms with van der Waals surface area (Å²) < 4.78 is 5.11. The van der Waals surface area contributed by atoms with Crippen LogP contribution in [0.2, 0.25) is 0 Å². The number of carbonyl (C=O) groups excluding carboxylic acids is 2. The summed E-state index contributed by atoms with van der Waals surface area (Å²) in [5.74, 6) is 0.539. The number of Topliss-reactive ketones (excluding diaryl/α,β-unsaturated/α-hetero) is 1. The van der Waals surface area contributed by atoms with Crippen LogP contribution in [0.25, 0.3) is 0 Å². The zero-order chi connectivity index (χ0) is 13.1. The molecule has 0 radical (unpaired) electrons. The minimum atomic E-state index is -0.101. The van der Waals surface area contributed by atoms with Crippen LogP contribution in [0.5, 0.6) is 0 Å². The molecule has 0 saturated carbocycles. The molecule has 0 spiro atoms. The molecule has 0 aromatic rings. The van der Waals surface area contributed by atoms with E-state index in [0.717, 1.165) is 32.1 Å². The van der Waals surface area contributed by atoms with E-state index in [2.05, 4.69) is 13.8 Å². The zero-order valence-electron chi connectivity index (χ0n) is 11.5. The molecule has 0 aromatic carbocycles. The number of unbranched alkanes of at least 4 members (excludes halogenated alkanes) is 2. The molecule has 3 nitrogen and oxygen atoms in total. The number of hydrogen-bond donors (Lipinski definition) is 0. The smallest absolute Gasteiger partial charge is 0.305 e. The first-order valence-corrected chi connectivity index (χ1v) is 6.71. The molecule has 0 aliphatic heterocycles. The van der Waals surface area contributed by atoms with E-state index in [1.54, 1.807) is 6.92 Å². The quantitative estimate of drug-likeness (QED) is 0.435. The third kappa shape index (κ3) is 11.4. The number of carbonyl (C=O) groups is 2. The summed E-state index contributed by atoms with van der Waals surface area (Å²) in [5.41, 5.74) is 0. The van der Waals surface area contributed by atoms with E-state index in [1.165, 1.54) is 0 Å². The Hall–Kier alpha value is -0.860. The van der Waals surface area contributed by atoms with Gasteiger partial charge in [-0.2, -0.15) is 0 Å². The summed E-state index contributed by atoms with van der Waals surface area (Å²) in [6.07, 6.45) is 6.00. The van der Waals surface area contributed by atoms with Gasteiger partial charge in [0, 0.05) is 12.8 Å². The van der Waals surface area contributed by atoms with Gasteiger partial charge in [0.25, 0.3) is 0 Å². The lowest BCUT2D eigenvalue weighted by atomic mass is 9.99. The molecular formula is C14H26O3. The molecule has 3 heteroatoms. The minimum absolute atomic E-state index is 0.101. The lowest BCUT2D eigenvalue weighted by molar-refractivity contribution is -0.144. The maximum absolute atomic E-state index is 11.4. The molecule has 1 unspecified atom stereocenters. The number of ether oxygens (including phenoxy) is 1. The number of ketones is 1. The SMILES string of the molecule is CCCCCOC(=O)CCC(C)CCC(C)=O. The zero-order valence-corrected chi connectivity index (χ0v) is 11.5. The molecule has 0 rings (SSSR count). The van der Waals surface area contributed by atoms with Crippen LogP contribution < -0.4 is 0 Å². The Bertz CT molecular complexity index is 224. The third-order valence-electron chi connectivity index (χ3n) is 2.84. The van der Waals surface area contributed by atoms with Crippen LogP contribution in [-0.2, 0) is 14.3 Å². The van der Waals surface area contributed by atoms with Crippen molar-refractivity contribution in [1.29, 1.82) is 0 Å². The highest BCUT2D eigenvalue weighted by Crippen LogP contribution is 2.13. The second-order valence-electron chi connectivity index (χ2n) is 4.81. The average Bonchev–Trinajstić information content (AvgIpc) is 2.29. The summed E-state index contributed by atoms with van der Waals surface area (Å²) in [6, 6.07) is 0. The molecule has 0 fully saturated rings. The molecule has 0 heterocycles. The van der Waals surface area contributed by atoms with Gasteiger partial charge in [-0.25, -0.2) is 0 Å². The molecule has 100 valence electrons. The summed E-state index contributed by atoms with van der Waals surface area (Å²) in [5, 5.41) is 0. The van der Waals surface area contributed by atoms with Gasteiger partial charge in [0.15, 0.2) is 0 Å². The minimum Gasteiger partial charge on any atom is -0.466 e. The maximum Gasteiger partial charge on any atom is 0.305 e. The molecule has 17 heavy (non-hydrogen) atoms. The van der Waals surface area contributed by atoms with Gasteiger partial charge in [-0.3, -0.25) is 4.79 Å². The Balaban J connectivity index is 3.45. The third-order valence-corrected chi connectivity index (χ3v) is 2.84. The van der Waals surface area contributed by atoms with Crippen molar-refractivity contribution in [2.45, 2.75) is 65.7 Å². The fourth-order valence-corrected chi connectivity index (χ4v) is 1.57. The Morgan fingerprint density at radius 3 is 2.35 bits per heavy atom. The summed E-state index contributed by atoms with van der Waals surface area (Å²) in [4.78, 5) is 22.2. The largest absolute Gasteiger partial charge is 0.466 e. The first kappa shape index (κ1) is 16.1. The standard InChI is InChI=1S/C14H26O3/c1-4-5-6-11-17-14(16)10-8-12(2)7-9-13(3)15/h12H,4-11H2,1-3H3. The first-order valence-electron chi connectivity index (χ1n) is 6.71. The van der Waals surface area contributed by atoms with Gasteiger partial charge in [0.2, 0.25) is 0 Å². The molecule has 0 aromatic heterocycles. The monoisotopic (exact) mass is 242 g/mol. The van der Waals surface area contributed by atoms with Crippen LogP contribution in [0.1, 0.15) is 65.7 Å². The Morgan fingerprint density at radius 1 is 1.12 bits per heavy atom. The highest BCUT2D eigenvalue weighted by atomic mass is 16.5. The maximum atomic E-state index is 11.4. The van der Waals surface area contributed by atoms with E-state index in [-0.39, 0.29) is 11.8 Å².